The molecule has 0 N–H and O–H groups in total. The van der Waals surface area contributed by atoms with E-state index >= 15 is 0 Å². The highest BCUT2D eigenvalue weighted by Gasteiger charge is 2.26. The fourth-order valence-electron chi connectivity index (χ4n) is 3.74. The second-order valence-corrected chi connectivity index (χ2v) is 8.14. The Morgan fingerprint density at radius 3 is 2.75 bits per heavy atom. The van der Waals surface area contributed by atoms with E-state index in [1.165, 1.54) is 5.56 Å². The first-order chi connectivity index (χ1) is 13.6. The lowest BCUT2D eigenvalue weighted by Crippen LogP contribution is -2.49. The van der Waals surface area contributed by atoms with Crippen LogP contribution in [0.1, 0.15) is 24.0 Å². The van der Waals surface area contributed by atoms with E-state index in [1.807, 2.05) is 28.5 Å². The summed E-state index contributed by atoms with van der Waals surface area (Å²) < 4.78 is 10.7. The molecule has 1 aliphatic rings. The second kappa shape index (κ2) is 9.94. The van der Waals surface area contributed by atoms with Crippen LogP contribution in [0.25, 0.3) is 0 Å². The Kier molecular flexibility index (Phi) is 7.34. The van der Waals surface area contributed by atoms with Crippen molar-refractivity contribution in [2.45, 2.75) is 31.7 Å². The lowest BCUT2D eigenvalue weighted by Gasteiger charge is -2.37. The smallest absolute Gasteiger partial charge is 0.227 e. The standard InChI is InChI=1S/C22H30N2O3S/c1-23(11-8-17-6-7-20(26-2)21(13-17)27-3)19-5-4-10-24(15-19)22(25)14-18-9-12-28-16-18/h6-7,9,12-13,16,19H,4-5,8,10-11,14-15H2,1-3H3. The van der Waals surface area contributed by atoms with Gasteiger partial charge in [0.1, 0.15) is 0 Å². The number of methoxy groups -OCH3 is 2. The third-order valence-corrected chi connectivity index (χ3v) is 6.24. The molecule has 2 heterocycles. The maximum Gasteiger partial charge on any atom is 0.227 e. The Morgan fingerprint density at radius 1 is 1.21 bits per heavy atom. The number of hydrogen-bond donors (Lipinski definition) is 0. The SMILES string of the molecule is COc1ccc(CCN(C)C2CCCN(C(=O)Cc3ccsc3)C2)cc1OC. The van der Waals surface area contributed by atoms with Crippen LogP contribution in [0.5, 0.6) is 11.5 Å². The summed E-state index contributed by atoms with van der Waals surface area (Å²) in [4.78, 5) is 17.1. The molecule has 1 fully saturated rings. The van der Waals surface area contributed by atoms with E-state index in [-0.39, 0.29) is 5.91 Å². The number of likely N-dealkylation sites (N-methyl/N-ethyl adjacent to an activating group) is 1. The Hall–Kier alpha value is -2.05. The number of benzene rings is 1. The third kappa shape index (κ3) is 5.26. The summed E-state index contributed by atoms with van der Waals surface area (Å²) in [5, 5.41) is 4.10. The van der Waals surface area contributed by atoms with Gasteiger partial charge >= 0.3 is 0 Å². The van der Waals surface area contributed by atoms with E-state index in [2.05, 4.69) is 23.4 Å². The number of carbonyl (C=O) groups excluding carboxylic acids is 1. The molecule has 1 aromatic heterocycles. The zero-order valence-corrected chi connectivity index (χ0v) is 17.8. The van der Waals surface area contributed by atoms with Crippen molar-refractivity contribution in [2.75, 3.05) is 40.9 Å². The van der Waals surface area contributed by atoms with Crippen molar-refractivity contribution in [2.24, 2.45) is 0 Å². The van der Waals surface area contributed by atoms with E-state index in [9.17, 15) is 4.79 Å². The van der Waals surface area contributed by atoms with Gasteiger partial charge in [0, 0.05) is 25.7 Å². The molecule has 0 spiro atoms. The Balaban J connectivity index is 1.52. The fourth-order valence-corrected chi connectivity index (χ4v) is 4.41. The van der Waals surface area contributed by atoms with E-state index in [0.717, 1.165) is 56.0 Å². The molecule has 1 unspecified atom stereocenters. The maximum atomic E-state index is 12.6. The molecule has 1 amide bonds. The van der Waals surface area contributed by atoms with Crippen LogP contribution in [-0.4, -0.2) is 62.7 Å². The molecule has 28 heavy (non-hydrogen) atoms. The highest BCUT2D eigenvalue weighted by Crippen LogP contribution is 2.28. The summed E-state index contributed by atoms with van der Waals surface area (Å²) >= 11 is 1.65. The number of ether oxygens (including phenoxy) is 2. The second-order valence-electron chi connectivity index (χ2n) is 7.36. The number of carbonyl (C=O) groups is 1. The molecule has 1 saturated heterocycles. The summed E-state index contributed by atoms with van der Waals surface area (Å²) in [7, 11) is 5.48. The number of rotatable bonds is 8. The molecule has 0 saturated carbocycles. The monoisotopic (exact) mass is 402 g/mol. The molecule has 2 aromatic rings. The van der Waals surface area contributed by atoms with Crippen molar-refractivity contribution in [1.29, 1.82) is 0 Å². The van der Waals surface area contributed by atoms with Gasteiger partial charge in [0.25, 0.3) is 0 Å². The number of thiophene rings is 1. The van der Waals surface area contributed by atoms with Crippen LogP contribution in [0.15, 0.2) is 35.0 Å². The highest BCUT2D eigenvalue weighted by atomic mass is 32.1. The Bertz CT molecular complexity index is 763. The van der Waals surface area contributed by atoms with Crippen molar-refractivity contribution in [3.8, 4) is 11.5 Å². The van der Waals surface area contributed by atoms with Crippen molar-refractivity contribution in [3.05, 3.63) is 46.2 Å². The van der Waals surface area contributed by atoms with Gasteiger partial charge < -0.3 is 19.3 Å². The Morgan fingerprint density at radius 2 is 2.04 bits per heavy atom. The largest absolute Gasteiger partial charge is 0.493 e. The summed E-state index contributed by atoms with van der Waals surface area (Å²) in [5.74, 6) is 1.77. The van der Waals surface area contributed by atoms with E-state index in [0.29, 0.717) is 12.5 Å². The van der Waals surface area contributed by atoms with Crippen molar-refractivity contribution in [3.63, 3.8) is 0 Å². The van der Waals surface area contributed by atoms with Crippen LogP contribution in [0.4, 0.5) is 0 Å². The van der Waals surface area contributed by atoms with E-state index in [1.54, 1.807) is 25.6 Å². The third-order valence-electron chi connectivity index (χ3n) is 5.51. The van der Waals surface area contributed by atoms with Crippen molar-refractivity contribution < 1.29 is 14.3 Å². The fraction of sp³-hybridized carbons (Fsp3) is 0.500. The number of nitrogens with zero attached hydrogens (tertiary/aromatic N) is 2. The number of hydrogen-bond acceptors (Lipinski definition) is 5. The quantitative estimate of drug-likeness (QED) is 0.678. The summed E-state index contributed by atoms with van der Waals surface area (Å²) in [6.45, 7) is 2.65. The first kappa shape index (κ1) is 20.7. The molecule has 3 rings (SSSR count). The summed E-state index contributed by atoms with van der Waals surface area (Å²) in [6.07, 6.45) is 3.67. The molecule has 0 aliphatic carbocycles. The minimum atomic E-state index is 0.247. The predicted octanol–water partition coefficient (Wildman–Crippen LogP) is 3.47. The van der Waals surface area contributed by atoms with Crippen LogP contribution in [0, 0.1) is 0 Å². The molecule has 1 aliphatic heterocycles. The molecular weight excluding hydrogens is 372 g/mol. The molecule has 1 atom stereocenters. The number of likely N-dealkylation sites (tertiary alicyclic amines) is 1. The van der Waals surface area contributed by atoms with Gasteiger partial charge in [-0.3, -0.25) is 4.79 Å². The molecule has 152 valence electrons. The zero-order chi connectivity index (χ0) is 19.9. The first-order valence-electron chi connectivity index (χ1n) is 9.80. The minimum Gasteiger partial charge on any atom is -0.493 e. The predicted molar refractivity (Wildman–Crippen MR) is 114 cm³/mol. The van der Waals surface area contributed by atoms with Crippen LogP contribution >= 0.6 is 11.3 Å². The lowest BCUT2D eigenvalue weighted by atomic mass is 10.0. The van der Waals surface area contributed by atoms with Gasteiger partial charge in [0.05, 0.1) is 20.6 Å². The molecule has 0 radical (unpaired) electrons. The van der Waals surface area contributed by atoms with Crippen LogP contribution in [0.2, 0.25) is 0 Å². The van der Waals surface area contributed by atoms with Gasteiger partial charge in [-0.2, -0.15) is 11.3 Å². The van der Waals surface area contributed by atoms with Crippen molar-refractivity contribution >= 4 is 17.2 Å². The van der Waals surface area contributed by atoms with Gasteiger partial charge in [-0.05, 0) is 66.4 Å². The minimum absolute atomic E-state index is 0.247. The average molecular weight is 403 g/mol. The molecule has 1 aromatic carbocycles. The molecule has 0 bridgehead atoms. The van der Waals surface area contributed by atoms with Crippen LogP contribution in [0.3, 0.4) is 0 Å². The average Bonchev–Trinajstić information content (AvgIpc) is 3.24. The number of piperidine rings is 1. The van der Waals surface area contributed by atoms with E-state index < -0.39 is 0 Å². The summed E-state index contributed by atoms with van der Waals surface area (Å²) in [6, 6.07) is 8.55. The topological polar surface area (TPSA) is 42.0 Å². The van der Waals surface area contributed by atoms with Gasteiger partial charge in [0.15, 0.2) is 11.5 Å². The van der Waals surface area contributed by atoms with Gasteiger partial charge in [-0.15, -0.1) is 0 Å². The molecule has 6 heteroatoms. The van der Waals surface area contributed by atoms with Gasteiger partial charge in [-0.25, -0.2) is 0 Å². The normalized spacial score (nSPS) is 17.0. The molecule has 5 nitrogen and oxygen atoms in total. The van der Waals surface area contributed by atoms with Crippen LogP contribution in [-0.2, 0) is 17.6 Å². The zero-order valence-electron chi connectivity index (χ0n) is 17.0. The van der Waals surface area contributed by atoms with Gasteiger partial charge in [-0.1, -0.05) is 6.07 Å². The first-order valence-corrected chi connectivity index (χ1v) is 10.7. The summed E-state index contributed by atoms with van der Waals surface area (Å²) in [5.41, 5.74) is 2.35. The maximum absolute atomic E-state index is 12.6. The van der Waals surface area contributed by atoms with Gasteiger partial charge in [0.2, 0.25) is 5.91 Å². The lowest BCUT2D eigenvalue weighted by molar-refractivity contribution is -0.132. The molecular formula is C22H30N2O3S. The van der Waals surface area contributed by atoms with Crippen LogP contribution < -0.4 is 9.47 Å². The van der Waals surface area contributed by atoms with Crippen molar-refractivity contribution in [1.82, 2.24) is 9.80 Å². The van der Waals surface area contributed by atoms with E-state index in [4.69, 9.17) is 9.47 Å². The number of amides is 1. The highest BCUT2D eigenvalue weighted by molar-refractivity contribution is 7.08. The Labute approximate surface area is 171 Å².